The quantitative estimate of drug-likeness (QED) is 0.305. The van der Waals surface area contributed by atoms with Gasteiger partial charge in [0.25, 0.3) is 0 Å². The maximum atomic E-state index is 4.38. The van der Waals surface area contributed by atoms with Gasteiger partial charge < -0.3 is 10.6 Å². The number of pyridine rings is 1. The van der Waals surface area contributed by atoms with Gasteiger partial charge in [-0.05, 0) is 55.9 Å². The van der Waals surface area contributed by atoms with Crippen molar-refractivity contribution in [2.24, 2.45) is 10.9 Å². The van der Waals surface area contributed by atoms with Crippen molar-refractivity contribution in [1.29, 1.82) is 0 Å². The number of halogens is 1. The summed E-state index contributed by atoms with van der Waals surface area (Å²) in [6.07, 6.45) is 4.44. The molecule has 0 amide bonds. The molecule has 0 aliphatic carbocycles. The Morgan fingerprint density at radius 1 is 1.24 bits per heavy atom. The predicted octanol–water partition coefficient (Wildman–Crippen LogP) is 3.16. The van der Waals surface area contributed by atoms with Crippen LogP contribution in [0.1, 0.15) is 29.6 Å². The summed E-state index contributed by atoms with van der Waals surface area (Å²) < 4.78 is 1.99. The molecular formula is C20H28IN7S. The maximum Gasteiger partial charge on any atom is 0.191 e. The highest BCUT2D eigenvalue weighted by Crippen LogP contribution is 2.36. The standard InChI is InChI=1S/C20H27N7S.HI/c1-21-20(23-14-18-25-24-17-9-3-4-11-27(17)18)22-13-15-7-5-10-26(2)19(15)16-8-6-12-28-16;/h3-4,6,8-9,11-12,15,19H,5,7,10,13-14H2,1-2H3,(H2,21,22,23);1H. The van der Waals surface area contributed by atoms with Crippen LogP contribution >= 0.6 is 35.3 Å². The minimum Gasteiger partial charge on any atom is -0.356 e. The van der Waals surface area contributed by atoms with Gasteiger partial charge in [-0.25, -0.2) is 0 Å². The highest BCUT2D eigenvalue weighted by molar-refractivity contribution is 14.0. The van der Waals surface area contributed by atoms with Crippen LogP contribution in [0.5, 0.6) is 0 Å². The molecular weight excluding hydrogens is 497 g/mol. The number of rotatable bonds is 5. The topological polar surface area (TPSA) is 69.8 Å². The van der Waals surface area contributed by atoms with Crippen molar-refractivity contribution >= 4 is 46.9 Å². The summed E-state index contributed by atoms with van der Waals surface area (Å²) in [6.45, 7) is 2.63. The molecule has 3 aromatic rings. The van der Waals surface area contributed by atoms with Crippen molar-refractivity contribution in [3.63, 3.8) is 0 Å². The van der Waals surface area contributed by atoms with Gasteiger partial charge in [0, 0.05) is 30.7 Å². The van der Waals surface area contributed by atoms with Crippen LogP contribution in [0.25, 0.3) is 5.65 Å². The Balaban J connectivity index is 0.00000240. The van der Waals surface area contributed by atoms with Crippen LogP contribution in [0, 0.1) is 5.92 Å². The van der Waals surface area contributed by atoms with E-state index in [1.807, 2.05) is 40.1 Å². The zero-order chi connectivity index (χ0) is 19.3. The molecule has 3 aromatic heterocycles. The van der Waals surface area contributed by atoms with Gasteiger partial charge in [-0.1, -0.05) is 12.1 Å². The Morgan fingerprint density at radius 3 is 2.93 bits per heavy atom. The van der Waals surface area contributed by atoms with Crippen molar-refractivity contribution in [3.05, 3.63) is 52.6 Å². The summed E-state index contributed by atoms with van der Waals surface area (Å²) in [5.74, 6) is 2.23. The van der Waals surface area contributed by atoms with Gasteiger partial charge >= 0.3 is 0 Å². The number of fused-ring (bicyclic) bond motifs is 1. The summed E-state index contributed by atoms with van der Waals surface area (Å²) in [5, 5.41) is 17.5. The van der Waals surface area contributed by atoms with Crippen molar-refractivity contribution in [2.45, 2.75) is 25.4 Å². The van der Waals surface area contributed by atoms with Gasteiger partial charge in [-0.15, -0.1) is 45.5 Å². The van der Waals surface area contributed by atoms with E-state index < -0.39 is 0 Å². The van der Waals surface area contributed by atoms with E-state index in [-0.39, 0.29) is 24.0 Å². The van der Waals surface area contributed by atoms with Gasteiger partial charge in [0.1, 0.15) is 0 Å². The Kier molecular flexibility index (Phi) is 7.84. The van der Waals surface area contributed by atoms with Crippen LogP contribution in [-0.2, 0) is 6.54 Å². The van der Waals surface area contributed by atoms with Crippen molar-refractivity contribution in [2.75, 3.05) is 27.2 Å². The summed E-state index contributed by atoms with van der Waals surface area (Å²) in [5.41, 5.74) is 0.853. The molecule has 2 atom stereocenters. The number of hydrogen-bond acceptors (Lipinski definition) is 5. The highest BCUT2D eigenvalue weighted by Gasteiger charge is 2.31. The molecule has 0 bridgehead atoms. The third-order valence-corrected chi connectivity index (χ3v) is 6.34. The lowest BCUT2D eigenvalue weighted by molar-refractivity contribution is 0.125. The molecule has 0 radical (unpaired) electrons. The Morgan fingerprint density at radius 2 is 2.14 bits per heavy atom. The fraction of sp³-hybridized carbons (Fsp3) is 0.450. The number of aromatic nitrogens is 3. The predicted molar refractivity (Wildman–Crippen MR) is 129 cm³/mol. The molecule has 1 fully saturated rings. The van der Waals surface area contributed by atoms with Crippen LogP contribution in [0.3, 0.4) is 0 Å². The number of hydrogen-bond donors (Lipinski definition) is 2. The van der Waals surface area contributed by atoms with Crippen LogP contribution in [0.2, 0.25) is 0 Å². The monoisotopic (exact) mass is 525 g/mol. The van der Waals surface area contributed by atoms with Gasteiger partial charge in [-0.2, -0.15) is 0 Å². The van der Waals surface area contributed by atoms with E-state index in [0.717, 1.165) is 30.5 Å². The second-order valence-corrected chi connectivity index (χ2v) is 8.17. The fourth-order valence-electron chi connectivity index (χ4n) is 4.01. The number of piperidine rings is 1. The van der Waals surface area contributed by atoms with E-state index in [2.05, 4.69) is 55.3 Å². The molecule has 29 heavy (non-hydrogen) atoms. The smallest absolute Gasteiger partial charge is 0.191 e. The first-order valence-electron chi connectivity index (χ1n) is 9.73. The van der Waals surface area contributed by atoms with Gasteiger partial charge in [0.05, 0.1) is 6.54 Å². The molecule has 156 valence electrons. The van der Waals surface area contributed by atoms with E-state index in [1.54, 1.807) is 7.05 Å². The normalized spacial score (nSPS) is 20.4. The molecule has 4 rings (SSSR count). The average Bonchev–Trinajstić information content (AvgIpc) is 3.38. The van der Waals surface area contributed by atoms with Crippen LogP contribution < -0.4 is 10.6 Å². The van der Waals surface area contributed by atoms with Gasteiger partial charge in [0.2, 0.25) is 0 Å². The minimum atomic E-state index is 0. The highest BCUT2D eigenvalue weighted by atomic mass is 127. The molecule has 0 aromatic carbocycles. The second kappa shape index (κ2) is 10.4. The summed E-state index contributed by atoms with van der Waals surface area (Å²) in [7, 11) is 4.04. The van der Waals surface area contributed by atoms with Crippen LogP contribution in [-0.4, -0.2) is 52.6 Å². The molecule has 0 saturated carbocycles. The number of nitrogens with one attached hydrogen (secondary N) is 2. The first kappa shape index (κ1) is 22.0. The van der Waals surface area contributed by atoms with Gasteiger partial charge in [0.15, 0.2) is 17.4 Å². The summed E-state index contributed by atoms with van der Waals surface area (Å²) in [4.78, 5) is 8.32. The van der Waals surface area contributed by atoms with E-state index in [4.69, 9.17) is 0 Å². The van der Waals surface area contributed by atoms with Crippen molar-refractivity contribution in [3.8, 4) is 0 Å². The number of nitrogens with zero attached hydrogens (tertiary/aromatic N) is 5. The van der Waals surface area contributed by atoms with E-state index in [0.29, 0.717) is 18.5 Å². The van der Waals surface area contributed by atoms with Crippen LogP contribution in [0.4, 0.5) is 0 Å². The molecule has 1 aliphatic heterocycles. The SMILES string of the molecule is CN=C(NCc1nnc2ccccn12)NCC1CCCN(C)C1c1cccs1.I. The Hall–Kier alpha value is -1.72. The minimum absolute atomic E-state index is 0. The first-order valence-corrected chi connectivity index (χ1v) is 10.6. The number of aliphatic imine (C=N–C) groups is 1. The van der Waals surface area contributed by atoms with E-state index >= 15 is 0 Å². The third-order valence-electron chi connectivity index (χ3n) is 5.40. The van der Waals surface area contributed by atoms with Crippen molar-refractivity contribution < 1.29 is 0 Å². The first-order chi connectivity index (χ1) is 13.8. The molecule has 9 heteroatoms. The number of guanidine groups is 1. The third kappa shape index (κ3) is 5.07. The van der Waals surface area contributed by atoms with E-state index in [1.165, 1.54) is 17.7 Å². The molecule has 2 N–H and O–H groups in total. The molecule has 1 saturated heterocycles. The Labute approximate surface area is 192 Å². The molecule has 1 aliphatic rings. The molecule has 7 nitrogen and oxygen atoms in total. The van der Waals surface area contributed by atoms with Crippen LogP contribution in [0.15, 0.2) is 46.9 Å². The number of likely N-dealkylation sites (tertiary alicyclic amines) is 1. The summed E-state index contributed by atoms with van der Waals surface area (Å²) >= 11 is 1.85. The van der Waals surface area contributed by atoms with Gasteiger partial charge in [-0.3, -0.25) is 14.3 Å². The summed E-state index contributed by atoms with van der Waals surface area (Å²) in [6, 6.07) is 10.8. The average molecular weight is 525 g/mol. The Bertz CT molecular complexity index is 924. The van der Waals surface area contributed by atoms with Crippen molar-refractivity contribution in [1.82, 2.24) is 30.1 Å². The lowest BCUT2D eigenvalue weighted by atomic mass is 9.88. The number of thiophene rings is 1. The lowest BCUT2D eigenvalue weighted by Crippen LogP contribution is -2.44. The zero-order valence-electron chi connectivity index (χ0n) is 16.8. The molecule has 2 unspecified atom stereocenters. The molecule has 4 heterocycles. The maximum absolute atomic E-state index is 4.38. The molecule has 0 spiro atoms. The second-order valence-electron chi connectivity index (χ2n) is 7.19. The largest absolute Gasteiger partial charge is 0.356 e. The fourth-order valence-corrected chi connectivity index (χ4v) is 4.99. The van der Waals surface area contributed by atoms with E-state index in [9.17, 15) is 0 Å². The zero-order valence-corrected chi connectivity index (χ0v) is 19.9. The lowest BCUT2D eigenvalue weighted by Gasteiger charge is -2.39.